The summed E-state index contributed by atoms with van der Waals surface area (Å²) in [5.74, 6) is 0. The van der Waals surface area contributed by atoms with Gasteiger partial charge < -0.3 is 0 Å². The Morgan fingerprint density at radius 2 is 1.00 bits per heavy atom. The third kappa shape index (κ3) is 4.75. The fraction of sp³-hybridized carbons (Fsp3) is 0.400. The molecule has 0 fully saturated rings. The summed E-state index contributed by atoms with van der Waals surface area (Å²) >= 11 is 0. The number of fused-ring (bicyclic) bond motifs is 1. The molecule has 0 atom stereocenters. The lowest BCUT2D eigenvalue weighted by atomic mass is 9.92. The van der Waals surface area contributed by atoms with E-state index >= 15 is 0 Å². The van der Waals surface area contributed by atoms with Gasteiger partial charge in [0.1, 0.15) is 0 Å². The second kappa shape index (κ2) is 9.92. The lowest BCUT2D eigenvalue weighted by molar-refractivity contribution is 0.685. The summed E-state index contributed by atoms with van der Waals surface area (Å²) in [6.45, 7) is 0. The molecule has 84 valence electrons. The first kappa shape index (κ1) is 19.9. The third-order valence-electron chi connectivity index (χ3n) is 2.26. The molecule has 1 aromatic carbocycles. The molecule has 0 unspecified atom stereocenters. The zero-order valence-electron chi connectivity index (χ0n) is 7.77. The van der Waals surface area contributed by atoms with Crippen LogP contribution in [0.25, 0.3) is 0 Å². The number of hydrogen-bond acceptors (Lipinski definition) is 0. The summed E-state index contributed by atoms with van der Waals surface area (Å²) in [6.07, 6.45) is 5.38. The van der Waals surface area contributed by atoms with Crippen LogP contribution in [0.15, 0.2) is 24.3 Å². The van der Waals surface area contributed by atoms with Crippen LogP contribution in [0, 0.1) is 0 Å². The quantitative estimate of drug-likeness (QED) is 0.665. The molecule has 0 N–H and O–H groups in total. The first-order chi connectivity index (χ1) is 4.97. The standard InChI is InChI=1S/C10H12.4ClH/c1-2-6-10-8-4-3-7-9(10)5-1;;;;/h1-2,5-6H,3-4,7-8H2;4*1H. The van der Waals surface area contributed by atoms with Gasteiger partial charge in [-0.2, -0.15) is 0 Å². The van der Waals surface area contributed by atoms with Gasteiger partial charge in [0.25, 0.3) is 0 Å². The molecule has 2 rings (SSSR count). The molecular formula is C10H16Cl4. The van der Waals surface area contributed by atoms with Crippen molar-refractivity contribution in [3.8, 4) is 0 Å². The second-order valence-corrected chi connectivity index (χ2v) is 2.98. The number of rotatable bonds is 0. The van der Waals surface area contributed by atoms with Crippen LogP contribution in [0.5, 0.6) is 0 Å². The summed E-state index contributed by atoms with van der Waals surface area (Å²) in [7, 11) is 0. The molecule has 0 aliphatic heterocycles. The lowest BCUT2D eigenvalue weighted by Crippen LogP contribution is -2.00. The summed E-state index contributed by atoms with van der Waals surface area (Å²) < 4.78 is 0. The van der Waals surface area contributed by atoms with Gasteiger partial charge in [-0.15, -0.1) is 49.6 Å². The SMILES string of the molecule is Cl.Cl.Cl.Cl.c1ccc2c(c1)CCCC2. The Morgan fingerprint density at radius 1 is 0.643 bits per heavy atom. The van der Waals surface area contributed by atoms with Gasteiger partial charge >= 0.3 is 0 Å². The van der Waals surface area contributed by atoms with Crippen LogP contribution in [0.1, 0.15) is 24.0 Å². The summed E-state index contributed by atoms with van der Waals surface area (Å²) in [4.78, 5) is 0. The van der Waals surface area contributed by atoms with E-state index in [4.69, 9.17) is 0 Å². The van der Waals surface area contributed by atoms with Crippen LogP contribution >= 0.6 is 49.6 Å². The van der Waals surface area contributed by atoms with Crippen LogP contribution in [0.4, 0.5) is 0 Å². The van der Waals surface area contributed by atoms with E-state index in [0.717, 1.165) is 0 Å². The van der Waals surface area contributed by atoms with E-state index in [1.807, 2.05) is 0 Å². The van der Waals surface area contributed by atoms with Gasteiger partial charge in [0.15, 0.2) is 0 Å². The fourth-order valence-electron chi connectivity index (χ4n) is 1.68. The van der Waals surface area contributed by atoms with Crippen LogP contribution in [-0.2, 0) is 12.8 Å². The Morgan fingerprint density at radius 3 is 1.36 bits per heavy atom. The minimum Gasteiger partial charge on any atom is -0.147 e. The minimum absolute atomic E-state index is 0. The van der Waals surface area contributed by atoms with Gasteiger partial charge in [-0.3, -0.25) is 0 Å². The Labute approximate surface area is 110 Å². The average Bonchev–Trinajstić information content (AvgIpc) is 2.05. The van der Waals surface area contributed by atoms with Crippen LogP contribution in [0.3, 0.4) is 0 Å². The number of hydrogen-bond donors (Lipinski definition) is 0. The molecule has 0 spiro atoms. The van der Waals surface area contributed by atoms with E-state index < -0.39 is 0 Å². The van der Waals surface area contributed by atoms with E-state index in [0.29, 0.717) is 0 Å². The normalized spacial score (nSPS) is 11.7. The molecule has 0 saturated carbocycles. The number of halogens is 4. The molecule has 1 aromatic rings. The molecule has 0 heterocycles. The van der Waals surface area contributed by atoms with Crippen molar-refractivity contribution < 1.29 is 0 Å². The topological polar surface area (TPSA) is 0 Å². The highest BCUT2D eigenvalue weighted by atomic mass is 35.5. The maximum Gasteiger partial charge on any atom is -0.0276 e. The molecule has 14 heavy (non-hydrogen) atoms. The zero-order chi connectivity index (χ0) is 6.81. The predicted molar refractivity (Wildman–Crippen MR) is 72.1 cm³/mol. The van der Waals surface area contributed by atoms with Crippen molar-refractivity contribution in [1.82, 2.24) is 0 Å². The van der Waals surface area contributed by atoms with E-state index in [2.05, 4.69) is 24.3 Å². The first-order valence-electron chi connectivity index (χ1n) is 4.03. The van der Waals surface area contributed by atoms with E-state index in [1.54, 1.807) is 11.1 Å². The van der Waals surface area contributed by atoms with Crippen molar-refractivity contribution in [1.29, 1.82) is 0 Å². The molecule has 0 nitrogen and oxygen atoms in total. The monoisotopic (exact) mass is 276 g/mol. The van der Waals surface area contributed by atoms with Gasteiger partial charge in [-0.1, -0.05) is 24.3 Å². The zero-order valence-corrected chi connectivity index (χ0v) is 11.0. The molecule has 0 aromatic heterocycles. The lowest BCUT2D eigenvalue weighted by Gasteiger charge is -2.13. The Kier molecular flexibility index (Phi) is 14.1. The highest BCUT2D eigenvalue weighted by molar-refractivity contribution is 5.86. The van der Waals surface area contributed by atoms with E-state index in [-0.39, 0.29) is 49.6 Å². The van der Waals surface area contributed by atoms with Crippen LogP contribution in [0.2, 0.25) is 0 Å². The van der Waals surface area contributed by atoms with Crippen molar-refractivity contribution >= 4 is 49.6 Å². The number of aryl methyl sites for hydroxylation is 2. The molecule has 0 radical (unpaired) electrons. The average molecular weight is 278 g/mol. The minimum atomic E-state index is 0. The summed E-state index contributed by atoms with van der Waals surface area (Å²) in [5, 5.41) is 0. The van der Waals surface area contributed by atoms with Gasteiger partial charge in [0.2, 0.25) is 0 Å². The highest BCUT2D eigenvalue weighted by Gasteiger charge is 2.05. The molecule has 0 bridgehead atoms. The van der Waals surface area contributed by atoms with Gasteiger partial charge in [0, 0.05) is 0 Å². The predicted octanol–water partition coefficient (Wildman–Crippen LogP) is 4.25. The third-order valence-corrected chi connectivity index (χ3v) is 2.26. The Balaban J connectivity index is -0.000000302. The first-order valence-corrected chi connectivity index (χ1v) is 4.03. The van der Waals surface area contributed by atoms with Gasteiger partial charge in [-0.05, 0) is 36.8 Å². The van der Waals surface area contributed by atoms with Crippen molar-refractivity contribution in [2.75, 3.05) is 0 Å². The molecule has 1 aliphatic carbocycles. The molecule has 0 amide bonds. The molecular weight excluding hydrogens is 262 g/mol. The molecule has 1 aliphatic rings. The highest BCUT2D eigenvalue weighted by Crippen LogP contribution is 2.19. The fourth-order valence-corrected chi connectivity index (χ4v) is 1.68. The Bertz CT molecular complexity index is 212. The maximum absolute atomic E-state index is 2.26. The Hall–Kier alpha value is 0.380. The van der Waals surface area contributed by atoms with Gasteiger partial charge in [0.05, 0.1) is 0 Å². The van der Waals surface area contributed by atoms with Crippen molar-refractivity contribution in [2.45, 2.75) is 25.7 Å². The maximum atomic E-state index is 2.26. The van der Waals surface area contributed by atoms with E-state index in [1.165, 1.54) is 25.7 Å². The summed E-state index contributed by atoms with van der Waals surface area (Å²) in [6, 6.07) is 8.80. The van der Waals surface area contributed by atoms with E-state index in [9.17, 15) is 0 Å². The number of benzene rings is 1. The van der Waals surface area contributed by atoms with Crippen LogP contribution in [-0.4, -0.2) is 0 Å². The largest absolute Gasteiger partial charge is 0.147 e. The van der Waals surface area contributed by atoms with Crippen LogP contribution < -0.4 is 0 Å². The van der Waals surface area contributed by atoms with Crippen molar-refractivity contribution in [3.05, 3.63) is 35.4 Å². The molecule has 4 heteroatoms. The second-order valence-electron chi connectivity index (χ2n) is 2.98. The van der Waals surface area contributed by atoms with Gasteiger partial charge in [-0.25, -0.2) is 0 Å². The smallest absolute Gasteiger partial charge is 0.0276 e. The van der Waals surface area contributed by atoms with Crippen molar-refractivity contribution in [3.63, 3.8) is 0 Å². The summed E-state index contributed by atoms with van der Waals surface area (Å²) in [5.41, 5.74) is 3.16. The van der Waals surface area contributed by atoms with Crippen molar-refractivity contribution in [2.24, 2.45) is 0 Å². The molecule has 0 saturated heterocycles.